The molecule has 1 atom stereocenters. The molecule has 9 heteroatoms. The van der Waals surface area contributed by atoms with Crippen molar-refractivity contribution in [3.8, 4) is 0 Å². The molecule has 1 spiro atoms. The van der Waals surface area contributed by atoms with Crippen LogP contribution < -0.4 is 20.9 Å². The van der Waals surface area contributed by atoms with Gasteiger partial charge in [-0.15, -0.1) is 0 Å². The van der Waals surface area contributed by atoms with Gasteiger partial charge in [0.05, 0.1) is 19.3 Å². The zero-order valence-electron chi connectivity index (χ0n) is 24.0. The highest BCUT2D eigenvalue weighted by molar-refractivity contribution is 5.96. The number of benzene rings is 2. The molecule has 0 aromatic heterocycles. The van der Waals surface area contributed by atoms with Crippen LogP contribution >= 0.6 is 0 Å². The standard InChI is InChI=1S/C32H42N6O3/c1-3-4-16-33-29(39)22-37-23-38(27-12-6-5-7-13-27)32(31(37)41)14-17-36(18-15-32)30(40)21-34-24(2)28-19-25-10-8-9-11-26(25)20-35-28/h5-13,28,34-35H,2-4,14-23H2,1H3,(H,33,39)/t28-/m1/s1. The van der Waals surface area contributed by atoms with Gasteiger partial charge in [0, 0.05) is 37.6 Å². The van der Waals surface area contributed by atoms with Crippen molar-refractivity contribution in [2.24, 2.45) is 0 Å². The van der Waals surface area contributed by atoms with E-state index in [-0.39, 0.29) is 36.9 Å². The number of fused-ring (bicyclic) bond motifs is 1. The van der Waals surface area contributed by atoms with E-state index < -0.39 is 5.54 Å². The van der Waals surface area contributed by atoms with Crippen molar-refractivity contribution in [1.29, 1.82) is 0 Å². The predicted molar refractivity (Wildman–Crippen MR) is 160 cm³/mol. The third-order valence-corrected chi connectivity index (χ3v) is 8.68. The van der Waals surface area contributed by atoms with Crippen molar-refractivity contribution in [3.05, 3.63) is 78.0 Å². The van der Waals surface area contributed by atoms with Crippen molar-refractivity contribution in [2.75, 3.05) is 44.3 Å². The van der Waals surface area contributed by atoms with Gasteiger partial charge in [-0.2, -0.15) is 0 Å². The van der Waals surface area contributed by atoms with E-state index in [2.05, 4.69) is 58.6 Å². The second-order valence-corrected chi connectivity index (χ2v) is 11.3. The zero-order valence-corrected chi connectivity index (χ0v) is 24.0. The first kappa shape index (κ1) is 28.7. The number of nitrogens with zero attached hydrogens (tertiary/aromatic N) is 3. The SMILES string of the molecule is C=C(NCC(=O)N1CCC2(CC1)C(=O)N(CC(=O)NCCCC)CN2c1ccccc1)[C@H]1Cc2ccccc2CN1. The monoisotopic (exact) mass is 558 g/mol. The van der Waals surface area contributed by atoms with Crippen LogP contribution in [0.1, 0.15) is 43.7 Å². The summed E-state index contributed by atoms with van der Waals surface area (Å²) in [6.07, 6.45) is 3.79. The number of rotatable bonds is 10. The lowest BCUT2D eigenvalue weighted by molar-refractivity contribution is -0.139. The number of para-hydroxylation sites is 1. The Kier molecular flexibility index (Phi) is 8.93. The van der Waals surface area contributed by atoms with E-state index in [1.165, 1.54) is 11.1 Å². The Balaban J connectivity index is 1.18. The molecule has 218 valence electrons. The first-order valence-corrected chi connectivity index (χ1v) is 14.8. The number of nitrogens with one attached hydrogen (secondary N) is 3. The molecule has 3 aliphatic rings. The molecule has 0 unspecified atom stereocenters. The quantitative estimate of drug-likeness (QED) is 0.388. The predicted octanol–water partition coefficient (Wildman–Crippen LogP) is 2.39. The molecule has 2 aromatic rings. The van der Waals surface area contributed by atoms with E-state index in [1.54, 1.807) is 4.90 Å². The summed E-state index contributed by atoms with van der Waals surface area (Å²) in [7, 11) is 0. The second kappa shape index (κ2) is 12.8. The van der Waals surface area contributed by atoms with E-state index in [0.29, 0.717) is 39.1 Å². The Hall–Kier alpha value is -3.85. The number of unbranched alkanes of at least 4 members (excludes halogenated alkanes) is 1. The smallest absolute Gasteiger partial charge is 0.250 e. The lowest BCUT2D eigenvalue weighted by Crippen LogP contribution is -2.58. The van der Waals surface area contributed by atoms with E-state index in [4.69, 9.17) is 0 Å². The van der Waals surface area contributed by atoms with Crippen LogP contribution in [0.4, 0.5) is 5.69 Å². The van der Waals surface area contributed by atoms with Crippen LogP contribution in [0.3, 0.4) is 0 Å². The van der Waals surface area contributed by atoms with E-state index >= 15 is 0 Å². The van der Waals surface area contributed by atoms with Crippen LogP contribution in [0, 0.1) is 0 Å². The van der Waals surface area contributed by atoms with Crippen LogP contribution in [-0.4, -0.2) is 78.5 Å². The fourth-order valence-electron chi connectivity index (χ4n) is 6.21. The molecule has 3 amide bonds. The molecule has 2 fully saturated rings. The summed E-state index contributed by atoms with van der Waals surface area (Å²) in [4.78, 5) is 45.3. The highest BCUT2D eigenvalue weighted by atomic mass is 16.2. The topological polar surface area (TPSA) is 97.0 Å². The van der Waals surface area contributed by atoms with Gasteiger partial charge in [0.2, 0.25) is 11.8 Å². The summed E-state index contributed by atoms with van der Waals surface area (Å²) >= 11 is 0. The van der Waals surface area contributed by atoms with Gasteiger partial charge < -0.3 is 30.7 Å². The van der Waals surface area contributed by atoms with Gasteiger partial charge in [-0.05, 0) is 48.9 Å². The third-order valence-electron chi connectivity index (χ3n) is 8.68. The van der Waals surface area contributed by atoms with Gasteiger partial charge in [0.25, 0.3) is 5.91 Å². The van der Waals surface area contributed by atoms with Crippen molar-refractivity contribution < 1.29 is 14.4 Å². The summed E-state index contributed by atoms with van der Waals surface area (Å²) in [6.45, 7) is 9.22. The average molecular weight is 559 g/mol. The Morgan fingerprint density at radius 2 is 1.73 bits per heavy atom. The van der Waals surface area contributed by atoms with E-state index in [9.17, 15) is 14.4 Å². The molecule has 0 saturated carbocycles. The molecule has 0 aliphatic carbocycles. The lowest BCUT2D eigenvalue weighted by atomic mass is 9.85. The van der Waals surface area contributed by atoms with Crippen LogP contribution in [0.2, 0.25) is 0 Å². The fourth-order valence-corrected chi connectivity index (χ4v) is 6.21. The fraction of sp³-hybridized carbons (Fsp3) is 0.469. The van der Waals surface area contributed by atoms with Crippen molar-refractivity contribution in [1.82, 2.24) is 25.8 Å². The Morgan fingerprint density at radius 1 is 1.02 bits per heavy atom. The van der Waals surface area contributed by atoms with E-state index in [0.717, 1.165) is 37.2 Å². The minimum Gasteiger partial charge on any atom is -0.379 e. The maximum atomic E-state index is 13.9. The zero-order chi connectivity index (χ0) is 28.8. The molecule has 3 aliphatic heterocycles. The number of amides is 3. The number of piperidine rings is 1. The van der Waals surface area contributed by atoms with Gasteiger partial charge >= 0.3 is 0 Å². The Bertz CT molecular complexity index is 1260. The third kappa shape index (κ3) is 6.25. The second-order valence-electron chi connectivity index (χ2n) is 11.3. The Labute approximate surface area is 242 Å². The number of carbonyl (C=O) groups excluding carboxylic acids is 3. The van der Waals surface area contributed by atoms with Crippen LogP contribution in [0.5, 0.6) is 0 Å². The molecule has 41 heavy (non-hydrogen) atoms. The lowest BCUT2D eigenvalue weighted by Gasteiger charge is -2.43. The summed E-state index contributed by atoms with van der Waals surface area (Å²) in [5, 5.41) is 9.69. The molecule has 5 rings (SSSR count). The molecular formula is C32H42N6O3. The van der Waals surface area contributed by atoms with Crippen LogP contribution in [-0.2, 0) is 27.3 Å². The molecule has 0 bridgehead atoms. The van der Waals surface area contributed by atoms with Crippen molar-refractivity contribution in [3.63, 3.8) is 0 Å². The molecule has 2 saturated heterocycles. The molecule has 2 aromatic carbocycles. The van der Waals surface area contributed by atoms with Gasteiger partial charge in [-0.1, -0.05) is 62.4 Å². The number of likely N-dealkylation sites (tertiary alicyclic amines) is 1. The summed E-state index contributed by atoms with van der Waals surface area (Å²) < 4.78 is 0. The van der Waals surface area contributed by atoms with Gasteiger partial charge in [-0.25, -0.2) is 0 Å². The van der Waals surface area contributed by atoms with Gasteiger partial charge in [0.15, 0.2) is 0 Å². The minimum absolute atomic E-state index is 0.000995. The molecule has 3 heterocycles. The molecule has 0 radical (unpaired) electrons. The van der Waals surface area contributed by atoms with Gasteiger partial charge in [-0.3, -0.25) is 14.4 Å². The molecule has 9 nitrogen and oxygen atoms in total. The summed E-state index contributed by atoms with van der Waals surface area (Å²) in [5.41, 5.74) is 3.61. The molecule has 3 N–H and O–H groups in total. The number of anilines is 1. The first-order valence-electron chi connectivity index (χ1n) is 14.8. The number of carbonyl (C=O) groups is 3. The maximum Gasteiger partial charge on any atom is 0.250 e. The van der Waals surface area contributed by atoms with Crippen LogP contribution in [0.25, 0.3) is 0 Å². The summed E-state index contributed by atoms with van der Waals surface area (Å²) in [6, 6.07) is 18.4. The number of hydrogen-bond donors (Lipinski definition) is 3. The van der Waals surface area contributed by atoms with Crippen LogP contribution in [0.15, 0.2) is 66.9 Å². The maximum absolute atomic E-state index is 13.9. The molecular weight excluding hydrogens is 516 g/mol. The van der Waals surface area contributed by atoms with Gasteiger partial charge in [0.1, 0.15) is 12.1 Å². The first-order chi connectivity index (χ1) is 19.9. The highest BCUT2D eigenvalue weighted by Crippen LogP contribution is 2.39. The summed E-state index contributed by atoms with van der Waals surface area (Å²) in [5.74, 6) is -0.165. The Morgan fingerprint density at radius 3 is 2.46 bits per heavy atom. The van der Waals surface area contributed by atoms with Crippen molar-refractivity contribution in [2.45, 2.75) is 57.2 Å². The largest absolute Gasteiger partial charge is 0.379 e. The van der Waals surface area contributed by atoms with Crippen molar-refractivity contribution >= 4 is 23.4 Å². The normalized spacial score (nSPS) is 19.7. The highest BCUT2D eigenvalue weighted by Gasteiger charge is 2.54. The minimum atomic E-state index is -0.766. The van der Waals surface area contributed by atoms with E-state index in [1.807, 2.05) is 35.2 Å². The number of hydrogen-bond acceptors (Lipinski definition) is 6. The average Bonchev–Trinajstić information content (AvgIpc) is 3.26.